The van der Waals surface area contributed by atoms with Crippen molar-refractivity contribution in [1.29, 1.82) is 0 Å². The lowest BCUT2D eigenvalue weighted by atomic mass is 10.6. The van der Waals surface area contributed by atoms with Crippen molar-refractivity contribution >= 4 is 23.0 Å². The minimum Gasteiger partial charge on any atom is -0.308 e. The molecule has 0 bridgehead atoms. The highest BCUT2D eigenvalue weighted by atomic mass is 127. The first-order chi connectivity index (χ1) is 4.83. The van der Waals surface area contributed by atoms with Crippen LogP contribution in [0.4, 0.5) is 4.39 Å². The Morgan fingerprint density at radius 1 is 1.50 bits per heavy atom. The maximum atomic E-state index is 12.2. The van der Waals surface area contributed by atoms with Crippen LogP contribution in [0.2, 0.25) is 0 Å². The summed E-state index contributed by atoms with van der Waals surface area (Å²) < 4.78 is 16.8. The van der Waals surface area contributed by atoms with Gasteiger partial charge in [-0.15, -0.1) is 0 Å². The molecule has 0 spiro atoms. The Morgan fingerprint density at radius 3 is 2.60 bits per heavy atom. The van der Waals surface area contributed by atoms with Crippen molar-refractivity contribution in [2.45, 2.75) is 6.61 Å². The SMILES string of the molecule is Fc1cnc(COI)nc1. The molecule has 1 heterocycles. The van der Waals surface area contributed by atoms with Crippen molar-refractivity contribution in [3.8, 4) is 0 Å². The lowest BCUT2D eigenvalue weighted by molar-refractivity contribution is 0.400. The minimum absolute atomic E-state index is 0.306. The number of nitrogens with zero attached hydrogens (tertiary/aromatic N) is 2. The summed E-state index contributed by atoms with van der Waals surface area (Å²) in [6, 6.07) is 0. The minimum atomic E-state index is -0.433. The van der Waals surface area contributed by atoms with Crippen LogP contribution in [-0.2, 0) is 9.67 Å². The normalized spacial score (nSPS) is 9.80. The first-order valence-corrected chi connectivity index (χ1v) is 3.41. The molecule has 5 heteroatoms. The highest BCUT2D eigenvalue weighted by Gasteiger charge is 1.94. The van der Waals surface area contributed by atoms with Crippen molar-refractivity contribution in [3.05, 3.63) is 24.0 Å². The summed E-state index contributed by atoms with van der Waals surface area (Å²) in [6.45, 7) is 0.306. The Hall–Kier alpha value is -0.300. The summed E-state index contributed by atoms with van der Waals surface area (Å²) in [6.07, 6.45) is 2.22. The van der Waals surface area contributed by atoms with Crippen LogP contribution in [0.3, 0.4) is 0 Å². The Labute approximate surface area is 71.3 Å². The molecule has 0 saturated carbocycles. The van der Waals surface area contributed by atoms with Gasteiger partial charge in [0.15, 0.2) is 11.6 Å². The Kier molecular flexibility index (Phi) is 2.94. The quantitative estimate of drug-likeness (QED) is 0.750. The van der Waals surface area contributed by atoms with Crippen LogP contribution in [0.25, 0.3) is 0 Å². The molecular formula is C5H4FIN2O. The van der Waals surface area contributed by atoms with Crippen LogP contribution in [0.15, 0.2) is 12.4 Å². The van der Waals surface area contributed by atoms with E-state index in [-0.39, 0.29) is 0 Å². The summed E-state index contributed by atoms with van der Waals surface area (Å²) in [5.41, 5.74) is 0. The third-order valence-electron chi connectivity index (χ3n) is 0.857. The van der Waals surface area contributed by atoms with E-state index in [1.807, 2.05) is 0 Å². The van der Waals surface area contributed by atoms with Crippen molar-refractivity contribution in [1.82, 2.24) is 9.97 Å². The smallest absolute Gasteiger partial charge is 0.159 e. The zero-order chi connectivity index (χ0) is 7.40. The molecular weight excluding hydrogens is 250 g/mol. The van der Waals surface area contributed by atoms with Gasteiger partial charge in [-0.2, -0.15) is 0 Å². The van der Waals surface area contributed by atoms with E-state index < -0.39 is 5.82 Å². The van der Waals surface area contributed by atoms with Gasteiger partial charge in [-0.25, -0.2) is 14.4 Å². The fraction of sp³-hybridized carbons (Fsp3) is 0.200. The van der Waals surface area contributed by atoms with Crippen molar-refractivity contribution in [2.24, 2.45) is 0 Å². The molecule has 1 aromatic rings. The summed E-state index contributed by atoms with van der Waals surface area (Å²) in [4.78, 5) is 7.30. The van der Waals surface area contributed by atoms with Gasteiger partial charge in [0.05, 0.1) is 12.4 Å². The molecule has 0 aliphatic carbocycles. The zero-order valence-corrected chi connectivity index (χ0v) is 7.08. The molecule has 0 amide bonds. The van der Waals surface area contributed by atoms with Gasteiger partial charge >= 0.3 is 0 Å². The third kappa shape index (κ3) is 2.14. The van der Waals surface area contributed by atoms with Crippen LogP contribution in [0, 0.1) is 5.82 Å². The topological polar surface area (TPSA) is 35.0 Å². The fourth-order valence-corrected chi connectivity index (χ4v) is 0.741. The van der Waals surface area contributed by atoms with E-state index in [1.54, 1.807) is 23.0 Å². The molecule has 0 radical (unpaired) electrons. The number of hydrogen-bond acceptors (Lipinski definition) is 3. The molecule has 0 atom stereocenters. The second-order valence-corrected chi connectivity index (χ2v) is 2.19. The average molecular weight is 254 g/mol. The number of halogens is 2. The molecule has 1 aromatic heterocycles. The molecule has 54 valence electrons. The van der Waals surface area contributed by atoms with Gasteiger partial charge in [0, 0.05) is 0 Å². The lowest BCUT2D eigenvalue weighted by Gasteiger charge is -1.93. The van der Waals surface area contributed by atoms with E-state index in [1.165, 1.54) is 0 Å². The predicted molar refractivity (Wildman–Crippen MR) is 40.8 cm³/mol. The van der Waals surface area contributed by atoms with Crippen LogP contribution in [0.1, 0.15) is 5.82 Å². The standard InChI is InChI=1S/C5H4FIN2O/c6-4-1-8-5(3-10-7)9-2-4/h1-2H,3H2. The lowest BCUT2D eigenvalue weighted by Crippen LogP contribution is -1.93. The van der Waals surface area contributed by atoms with Crippen molar-refractivity contribution in [3.63, 3.8) is 0 Å². The Bertz CT molecular complexity index is 203. The zero-order valence-electron chi connectivity index (χ0n) is 4.92. The van der Waals surface area contributed by atoms with Crippen LogP contribution in [0.5, 0.6) is 0 Å². The van der Waals surface area contributed by atoms with E-state index >= 15 is 0 Å². The van der Waals surface area contributed by atoms with E-state index in [0.717, 1.165) is 12.4 Å². The summed E-state index contributed by atoms with van der Waals surface area (Å²) >= 11 is 1.73. The Morgan fingerprint density at radius 2 is 2.10 bits per heavy atom. The fourth-order valence-electron chi connectivity index (χ4n) is 0.462. The second kappa shape index (κ2) is 3.77. The molecule has 0 saturated heterocycles. The predicted octanol–water partition coefficient (Wildman–Crippen LogP) is 1.48. The molecule has 10 heavy (non-hydrogen) atoms. The Balaban J connectivity index is 2.69. The molecule has 0 N–H and O–H groups in total. The molecule has 0 aromatic carbocycles. The monoisotopic (exact) mass is 254 g/mol. The van der Waals surface area contributed by atoms with Gasteiger partial charge in [-0.1, -0.05) is 0 Å². The van der Waals surface area contributed by atoms with Crippen LogP contribution >= 0.6 is 23.0 Å². The molecule has 0 aliphatic rings. The highest BCUT2D eigenvalue weighted by molar-refractivity contribution is 14.1. The summed E-state index contributed by atoms with van der Waals surface area (Å²) in [5.74, 6) is 0.0491. The van der Waals surface area contributed by atoms with E-state index in [0.29, 0.717) is 12.4 Å². The van der Waals surface area contributed by atoms with E-state index in [9.17, 15) is 4.39 Å². The van der Waals surface area contributed by atoms with Crippen molar-refractivity contribution < 1.29 is 7.46 Å². The van der Waals surface area contributed by atoms with Crippen molar-refractivity contribution in [2.75, 3.05) is 0 Å². The van der Waals surface area contributed by atoms with Gasteiger partial charge < -0.3 is 3.07 Å². The van der Waals surface area contributed by atoms with Gasteiger partial charge in [0.2, 0.25) is 0 Å². The van der Waals surface area contributed by atoms with E-state index in [2.05, 4.69) is 9.97 Å². The van der Waals surface area contributed by atoms with Gasteiger partial charge in [-0.3, -0.25) is 0 Å². The molecule has 0 aliphatic heterocycles. The van der Waals surface area contributed by atoms with Crippen LogP contribution < -0.4 is 0 Å². The second-order valence-electron chi connectivity index (χ2n) is 1.57. The van der Waals surface area contributed by atoms with Gasteiger partial charge in [-0.05, 0) is 0 Å². The highest BCUT2D eigenvalue weighted by Crippen LogP contribution is 1.97. The van der Waals surface area contributed by atoms with Crippen LogP contribution in [-0.4, -0.2) is 9.97 Å². The average Bonchev–Trinajstić information content (AvgIpc) is 1.95. The number of aromatic nitrogens is 2. The van der Waals surface area contributed by atoms with Gasteiger partial charge in [0.25, 0.3) is 0 Å². The molecule has 1 rings (SSSR count). The first-order valence-electron chi connectivity index (χ1n) is 2.53. The third-order valence-corrected chi connectivity index (χ3v) is 1.17. The number of hydrogen-bond donors (Lipinski definition) is 0. The largest absolute Gasteiger partial charge is 0.308 e. The van der Waals surface area contributed by atoms with E-state index in [4.69, 9.17) is 3.07 Å². The summed E-state index contributed by atoms with van der Waals surface area (Å²) in [5, 5.41) is 0. The summed E-state index contributed by atoms with van der Waals surface area (Å²) in [7, 11) is 0. The maximum Gasteiger partial charge on any atom is 0.159 e. The van der Waals surface area contributed by atoms with Gasteiger partial charge in [0.1, 0.15) is 29.6 Å². The molecule has 3 nitrogen and oxygen atoms in total. The maximum absolute atomic E-state index is 12.2. The molecule has 0 unspecified atom stereocenters. The molecule has 0 fully saturated rings. The number of rotatable bonds is 2. The first kappa shape index (κ1) is 7.80.